The standard InChI is InChI=1S/C18H17NO3S2/c1-12(23-14-9-7-13(21-2)8-10-14)18(20)22-11-17-19-15-5-3-4-6-16(15)24-17/h3-10,12H,11H2,1-2H3. The van der Waals surface area contributed by atoms with Crippen molar-refractivity contribution in [2.75, 3.05) is 7.11 Å². The van der Waals surface area contributed by atoms with E-state index >= 15 is 0 Å². The molecule has 4 nitrogen and oxygen atoms in total. The molecule has 0 N–H and O–H groups in total. The second-order valence-corrected chi connectivity index (χ2v) is 7.65. The van der Waals surface area contributed by atoms with Crippen molar-refractivity contribution in [3.05, 3.63) is 53.5 Å². The maximum absolute atomic E-state index is 12.2. The Kier molecular flexibility index (Phi) is 5.37. The molecule has 0 aliphatic heterocycles. The summed E-state index contributed by atoms with van der Waals surface area (Å²) in [7, 11) is 1.63. The molecule has 0 aliphatic rings. The van der Waals surface area contributed by atoms with Gasteiger partial charge in [-0.15, -0.1) is 23.1 Å². The van der Waals surface area contributed by atoms with Crippen LogP contribution in [0.3, 0.4) is 0 Å². The second kappa shape index (κ2) is 7.68. The van der Waals surface area contributed by atoms with Crippen LogP contribution in [0, 0.1) is 0 Å². The molecule has 0 spiro atoms. The summed E-state index contributed by atoms with van der Waals surface area (Å²) in [4.78, 5) is 17.6. The number of carbonyl (C=O) groups excluding carboxylic acids is 1. The number of ether oxygens (including phenoxy) is 2. The van der Waals surface area contributed by atoms with Crippen LogP contribution in [0.5, 0.6) is 5.75 Å². The van der Waals surface area contributed by atoms with Gasteiger partial charge in [0.1, 0.15) is 22.6 Å². The van der Waals surface area contributed by atoms with E-state index in [2.05, 4.69) is 4.98 Å². The Morgan fingerprint density at radius 2 is 1.96 bits per heavy atom. The molecular formula is C18H17NO3S2. The summed E-state index contributed by atoms with van der Waals surface area (Å²) in [6.45, 7) is 2.06. The predicted molar refractivity (Wildman–Crippen MR) is 97.7 cm³/mol. The van der Waals surface area contributed by atoms with Crippen LogP contribution >= 0.6 is 23.1 Å². The van der Waals surface area contributed by atoms with Gasteiger partial charge >= 0.3 is 5.97 Å². The predicted octanol–water partition coefficient (Wildman–Crippen LogP) is 4.53. The van der Waals surface area contributed by atoms with Crippen LogP contribution < -0.4 is 4.74 Å². The van der Waals surface area contributed by atoms with Gasteiger partial charge in [-0.3, -0.25) is 4.79 Å². The van der Waals surface area contributed by atoms with Gasteiger partial charge in [-0.1, -0.05) is 12.1 Å². The molecule has 3 rings (SSSR count). The van der Waals surface area contributed by atoms with Gasteiger partial charge in [-0.2, -0.15) is 0 Å². The topological polar surface area (TPSA) is 48.4 Å². The summed E-state index contributed by atoms with van der Waals surface area (Å²) in [6.07, 6.45) is 0. The van der Waals surface area contributed by atoms with Crippen molar-refractivity contribution < 1.29 is 14.3 Å². The van der Waals surface area contributed by atoms with Crippen LogP contribution in [0.15, 0.2) is 53.4 Å². The van der Waals surface area contributed by atoms with E-state index in [0.717, 1.165) is 25.9 Å². The number of para-hydroxylation sites is 1. The first-order chi connectivity index (χ1) is 11.7. The Morgan fingerprint density at radius 3 is 2.67 bits per heavy atom. The van der Waals surface area contributed by atoms with Crippen molar-refractivity contribution >= 4 is 39.3 Å². The lowest BCUT2D eigenvalue weighted by molar-refractivity contribution is -0.143. The molecule has 0 fully saturated rings. The number of methoxy groups -OCH3 is 1. The third kappa shape index (κ3) is 4.07. The first-order valence-corrected chi connectivity index (χ1v) is 9.17. The molecule has 0 bridgehead atoms. The molecule has 6 heteroatoms. The van der Waals surface area contributed by atoms with Crippen LogP contribution in [-0.4, -0.2) is 23.3 Å². The van der Waals surface area contributed by atoms with Gasteiger partial charge in [-0.05, 0) is 43.3 Å². The van der Waals surface area contributed by atoms with E-state index in [4.69, 9.17) is 9.47 Å². The first-order valence-electron chi connectivity index (χ1n) is 7.47. The Bertz CT molecular complexity index is 797. The molecule has 0 saturated heterocycles. The minimum atomic E-state index is -0.284. The Morgan fingerprint density at radius 1 is 1.21 bits per heavy atom. The summed E-state index contributed by atoms with van der Waals surface area (Å²) in [5.74, 6) is 0.556. The minimum Gasteiger partial charge on any atom is -0.497 e. The van der Waals surface area contributed by atoms with Gasteiger partial charge < -0.3 is 9.47 Å². The average Bonchev–Trinajstić information content (AvgIpc) is 3.03. The Hall–Kier alpha value is -2.05. The van der Waals surface area contributed by atoms with E-state index in [-0.39, 0.29) is 17.8 Å². The normalized spacial score (nSPS) is 12.1. The van der Waals surface area contributed by atoms with E-state index in [1.54, 1.807) is 18.4 Å². The van der Waals surface area contributed by atoms with Gasteiger partial charge in [-0.25, -0.2) is 4.98 Å². The summed E-state index contributed by atoms with van der Waals surface area (Å²) in [5.41, 5.74) is 0.939. The maximum atomic E-state index is 12.2. The molecule has 1 heterocycles. The van der Waals surface area contributed by atoms with Crippen LogP contribution in [0.4, 0.5) is 0 Å². The number of nitrogens with zero attached hydrogens (tertiary/aromatic N) is 1. The van der Waals surface area contributed by atoms with Crippen molar-refractivity contribution in [1.29, 1.82) is 0 Å². The smallest absolute Gasteiger partial charge is 0.319 e. The lowest BCUT2D eigenvalue weighted by Gasteiger charge is -2.10. The van der Waals surface area contributed by atoms with E-state index in [1.165, 1.54) is 11.8 Å². The molecule has 1 atom stereocenters. The van der Waals surface area contributed by atoms with Crippen LogP contribution in [0.25, 0.3) is 10.2 Å². The quantitative estimate of drug-likeness (QED) is 0.478. The number of thiazole rings is 1. The molecule has 0 amide bonds. The largest absolute Gasteiger partial charge is 0.497 e. The van der Waals surface area contributed by atoms with Crippen LogP contribution in [-0.2, 0) is 16.1 Å². The van der Waals surface area contributed by atoms with Crippen LogP contribution in [0.2, 0.25) is 0 Å². The number of aromatic nitrogens is 1. The zero-order valence-electron chi connectivity index (χ0n) is 13.4. The average molecular weight is 359 g/mol. The molecule has 1 unspecified atom stereocenters. The van der Waals surface area contributed by atoms with E-state index in [9.17, 15) is 4.79 Å². The number of benzene rings is 2. The molecular weight excluding hydrogens is 342 g/mol. The number of thioether (sulfide) groups is 1. The van der Waals surface area contributed by atoms with Gasteiger partial charge in [0, 0.05) is 4.90 Å². The molecule has 0 saturated carbocycles. The third-order valence-corrected chi connectivity index (χ3v) is 5.48. The highest BCUT2D eigenvalue weighted by atomic mass is 32.2. The van der Waals surface area contributed by atoms with Crippen LogP contribution in [0.1, 0.15) is 11.9 Å². The van der Waals surface area contributed by atoms with Gasteiger partial charge in [0.05, 0.1) is 17.3 Å². The van der Waals surface area contributed by atoms with Gasteiger partial charge in [0.15, 0.2) is 0 Å². The fourth-order valence-electron chi connectivity index (χ4n) is 2.14. The lowest BCUT2D eigenvalue weighted by atomic mass is 10.3. The highest BCUT2D eigenvalue weighted by Gasteiger charge is 2.17. The van der Waals surface area contributed by atoms with Gasteiger partial charge in [0.25, 0.3) is 0 Å². The fraction of sp³-hybridized carbons (Fsp3) is 0.222. The molecule has 3 aromatic rings. The Labute approximate surface area is 148 Å². The maximum Gasteiger partial charge on any atom is 0.319 e. The third-order valence-electron chi connectivity index (χ3n) is 3.38. The zero-order valence-corrected chi connectivity index (χ0v) is 15.0. The molecule has 0 aliphatic carbocycles. The number of hydrogen-bond donors (Lipinski definition) is 0. The van der Waals surface area contributed by atoms with Crippen molar-refractivity contribution in [3.63, 3.8) is 0 Å². The summed E-state index contributed by atoms with van der Waals surface area (Å²) < 4.78 is 11.6. The van der Waals surface area contributed by atoms with Crippen molar-refractivity contribution in [3.8, 4) is 5.75 Å². The van der Waals surface area contributed by atoms with Gasteiger partial charge in [0.2, 0.25) is 0 Å². The number of fused-ring (bicyclic) bond motifs is 1. The lowest BCUT2D eigenvalue weighted by Crippen LogP contribution is -2.16. The summed E-state index contributed by atoms with van der Waals surface area (Å²) in [6, 6.07) is 15.5. The molecule has 1 aromatic heterocycles. The number of esters is 1. The summed E-state index contributed by atoms with van der Waals surface area (Å²) in [5, 5.41) is 0.527. The highest BCUT2D eigenvalue weighted by molar-refractivity contribution is 8.00. The molecule has 0 radical (unpaired) electrons. The van der Waals surface area contributed by atoms with Crippen molar-refractivity contribution in [2.24, 2.45) is 0 Å². The second-order valence-electron chi connectivity index (χ2n) is 5.12. The van der Waals surface area contributed by atoms with E-state index in [1.807, 2.05) is 55.5 Å². The number of carbonyl (C=O) groups is 1. The monoisotopic (exact) mass is 359 g/mol. The first kappa shape index (κ1) is 16.8. The minimum absolute atomic E-state index is 0.214. The van der Waals surface area contributed by atoms with Crippen molar-refractivity contribution in [2.45, 2.75) is 23.7 Å². The fourth-order valence-corrected chi connectivity index (χ4v) is 3.88. The van der Waals surface area contributed by atoms with E-state index < -0.39 is 0 Å². The Balaban J connectivity index is 1.55. The SMILES string of the molecule is COc1ccc(SC(C)C(=O)OCc2nc3ccccc3s2)cc1. The van der Waals surface area contributed by atoms with Crippen molar-refractivity contribution in [1.82, 2.24) is 4.98 Å². The zero-order chi connectivity index (χ0) is 16.9. The number of hydrogen-bond acceptors (Lipinski definition) is 6. The summed E-state index contributed by atoms with van der Waals surface area (Å²) >= 11 is 3.01. The number of rotatable bonds is 6. The van der Waals surface area contributed by atoms with E-state index in [0.29, 0.717) is 0 Å². The molecule has 124 valence electrons. The molecule has 24 heavy (non-hydrogen) atoms. The molecule has 2 aromatic carbocycles. The highest BCUT2D eigenvalue weighted by Crippen LogP contribution is 2.27.